The molecule has 0 amide bonds. The second kappa shape index (κ2) is 4.69. The van der Waals surface area contributed by atoms with E-state index < -0.39 is 18.4 Å². The third kappa shape index (κ3) is 3.15. The molecule has 0 aliphatic heterocycles. The number of anilines is 1. The van der Waals surface area contributed by atoms with Crippen molar-refractivity contribution < 1.29 is 22.5 Å². The van der Waals surface area contributed by atoms with Gasteiger partial charge < -0.3 is 23.4 Å². The maximum absolute atomic E-state index is 12.6. The third-order valence-electron chi connectivity index (χ3n) is 2.52. The van der Waals surface area contributed by atoms with Gasteiger partial charge in [-0.15, -0.1) is 5.46 Å². The molecule has 0 fully saturated rings. The Morgan fingerprint density at radius 3 is 2.47 bits per heavy atom. The van der Waals surface area contributed by atoms with Gasteiger partial charge in [-0.25, -0.2) is 0 Å². The lowest BCUT2D eigenvalue weighted by atomic mass is 9.78. The summed E-state index contributed by atoms with van der Waals surface area (Å²) in [6, 6.07) is 1.83. The smallest absolute Gasteiger partial charge is 0.469 e. The first kappa shape index (κ1) is 13.4. The van der Waals surface area contributed by atoms with Gasteiger partial charge in [-0.1, -0.05) is 12.1 Å². The summed E-state index contributed by atoms with van der Waals surface area (Å²) in [7, 11) is 1.18. The van der Waals surface area contributed by atoms with Gasteiger partial charge in [0.15, 0.2) is 0 Å². The Kier molecular flexibility index (Phi) is 3.70. The van der Waals surface area contributed by atoms with Crippen LogP contribution in [0, 0.1) is 6.92 Å². The van der Waals surface area contributed by atoms with Crippen LogP contribution in [0.2, 0.25) is 0 Å². The lowest BCUT2D eigenvalue weighted by Crippen LogP contribution is -2.35. The van der Waals surface area contributed by atoms with Crippen molar-refractivity contribution in [2.24, 2.45) is 0 Å². The molecular weight excluding hydrogens is 234 g/mol. The van der Waals surface area contributed by atoms with E-state index in [1.165, 1.54) is 7.11 Å². The Morgan fingerprint density at radius 1 is 1.41 bits per heavy atom. The summed E-state index contributed by atoms with van der Waals surface area (Å²) in [6.07, 6.45) is -0.216. The number of methoxy groups -OCH3 is 1. The van der Waals surface area contributed by atoms with Crippen molar-refractivity contribution >= 4 is 24.1 Å². The first-order valence-corrected chi connectivity index (χ1v) is 4.91. The number of hydrogen-bond acceptors (Lipinski definition) is 3. The first-order valence-electron chi connectivity index (χ1n) is 4.91. The van der Waals surface area contributed by atoms with Gasteiger partial charge in [0, 0.05) is 5.69 Å². The molecule has 94 valence electrons. The molecule has 0 spiro atoms. The highest BCUT2D eigenvalue weighted by Crippen LogP contribution is 2.19. The lowest BCUT2D eigenvalue weighted by Gasteiger charge is -2.18. The van der Waals surface area contributed by atoms with E-state index in [-0.39, 0.29) is 17.7 Å². The van der Waals surface area contributed by atoms with Gasteiger partial charge in [-0.2, -0.15) is 0 Å². The Labute approximate surface area is 96.8 Å². The summed E-state index contributed by atoms with van der Waals surface area (Å²) in [5, 5.41) is 0. The van der Waals surface area contributed by atoms with E-state index in [0.717, 1.165) is 12.1 Å². The number of nitrogen functional groups attached to an aromatic ring is 1. The molecule has 0 aromatic heterocycles. The van der Waals surface area contributed by atoms with Crippen molar-refractivity contribution in [3.63, 3.8) is 0 Å². The zero-order valence-corrected chi connectivity index (χ0v) is 9.47. The molecule has 3 nitrogen and oxygen atoms in total. The van der Waals surface area contributed by atoms with Gasteiger partial charge in [0.25, 0.3) is 0 Å². The van der Waals surface area contributed by atoms with Crippen molar-refractivity contribution in [2.45, 2.75) is 13.3 Å². The highest BCUT2D eigenvalue weighted by atomic mass is 19.4. The predicted molar refractivity (Wildman–Crippen MR) is 60.0 cm³/mol. The van der Waals surface area contributed by atoms with Crippen molar-refractivity contribution in [1.29, 1.82) is 0 Å². The average molecular weight is 246 g/mol. The molecule has 0 heterocycles. The minimum absolute atomic E-state index is 0.0283. The summed E-state index contributed by atoms with van der Waals surface area (Å²) in [6.45, 7) is -3.55. The molecule has 1 rings (SSSR count). The molecule has 1 aromatic carbocycles. The lowest BCUT2D eigenvalue weighted by molar-refractivity contribution is -0.139. The van der Waals surface area contributed by atoms with Gasteiger partial charge >= 0.3 is 12.9 Å². The minimum atomic E-state index is -5.12. The largest absolute Gasteiger partial charge is 0.509 e. The SMILES string of the molecule is COC(=O)Cc1cc([B-](F)(F)F)cc(N)c1C. The number of hydrogen-bond donors (Lipinski definition) is 1. The normalized spacial score (nSPS) is 11.4. The molecule has 0 radical (unpaired) electrons. The van der Waals surface area contributed by atoms with Crippen LogP contribution in [0.5, 0.6) is 0 Å². The minimum Gasteiger partial charge on any atom is -0.469 e. The van der Waals surface area contributed by atoms with Gasteiger partial charge in [-0.05, 0) is 18.1 Å². The average Bonchev–Trinajstić information content (AvgIpc) is 2.22. The predicted octanol–water partition coefficient (Wildman–Crippen LogP) is 1.35. The number of carbonyl (C=O) groups is 1. The maximum atomic E-state index is 12.6. The highest BCUT2D eigenvalue weighted by Gasteiger charge is 2.27. The van der Waals surface area contributed by atoms with Crippen LogP contribution in [0.25, 0.3) is 0 Å². The van der Waals surface area contributed by atoms with E-state index in [2.05, 4.69) is 4.74 Å². The maximum Gasteiger partial charge on any atom is 0.509 e. The van der Waals surface area contributed by atoms with E-state index in [9.17, 15) is 17.7 Å². The van der Waals surface area contributed by atoms with Crippen LogP contribution < -0.4 is 11.2 Å². The number of rotatable bonds is 3. The van der Waals surface area contributed by atoms with Gasteiger partial charge in [-0.3, -0.25) is 4.79 Å². The van der Waals surface area contributed by atoms with Crippen LogP contribution in [0.4, 0.5) is 18.6 Å². The topological polar surface area (TPSA) is 52.3 Å². The number of nitrogens with two attached hydrogens (primary N) is 1. The number of halogens is 3. The van der Waals surface area contributed by atoms with Gasteiger partial charge in [0.05, 0.1) is 13.5 Å². The van der Waals surface area contributed by atoms with Crippen molar-refractivity contribution in [1.82, 2.24) is 0 Å². The number of benzene rings is 1. The van der Waals surface area contributed by atoms with E-state index >= 15 is 0 Å². The molecule has 17 heavy (non-hydrogen) atoms. The molecule has 2 N–H and O–H groups in total. The van der Waals surface area contributed by atoms with Gasteiger partial charge in [0.1, 0.15) is 0 Å². The molecule has 0 bridgehead atoms. The Hall–Kier alpha value is -1.66. The second-order valence-electron chi connectivity index (χ2n) is 3.72. The van der Waals surface area contributed by atoms with Crippen molar-refractivity contribution in [3.8, 4) is 0 Å². The van der Waals surface area contributed by atoms with E-state index in [4.69, 9.17) is 5.73 Å². The molecule has 1 aromatic rings. The van der Waals surface area contributed by atoms with Crippen LogP contribution in [0.15, 0.2) is 12.1 Å². The third-order valence-corrected chi connectivity index (χ3v) is 2.52. The summed E-state index contributed by atoms with van der Waals surface area (Å²) in [5.74, 6) is -0.598. The molecule has 0 aliphatic rings. The summed E-state index contributed by atoms with van der Waals surface area (Å²) in [4.78, 5) is 11.1. The zero-order chi connectivity index (χ0) is 13.2. The molecular formula is C10H12BF3NO2-. The van der Waals surface area contributed by atoms with Crippen molar-refractivity contribution in [2.75, 3.05) is 12.8 Å². The quantitative estimate of drug-likeness (QED) is 0.497. The molecule has 0 unspecified atom stereocenters. The monoisotopic (exact) mass is 246 g/mol. The fraction of sp³-hybridized carbons (Fsp3) is 0.300. The number of ether oxygens (including phenoxy) is 1. The molecule has 0 saturated heterocycles. The molecule has 0 saturated carbocycles. The molecule has 7 heteroatoms. The van der Waals surface area contributed by atoms with Crippen LogP contribution in [0.3, 0.4) is 0 Å². The second-order valence-corrected chi connectivity index (χ2v) is 3.72. The van der Waals surface area contributed by atoms with Crippen LogP contribution in [0.1, 0.15) is 11.1 Å². The van der Waals surface area contributed by atoms with Gasteiger partial charge in [0.2, 0.25) is 0 Å². The first-order chi connectivity index (χ1) is 7.75. The van der Waals surface area contributed by atoms with Crippen LogP contribution >= 0.6 is 0 Å². The van der Waals surface area contributed by atoms with Crippen molar-refractivity contribution in [3.05, 3.63) is 23.3 Å². The fourth-order valence-electron chi connectivity index (χ4n) is 1.42. The number of carbonyl (C=O) groups excluding carboxylic acids is 1. The summed E-state index contributed by atoms with van der Waals surface area (Å²) >= 11 is 0. The number of esters is 1. The fourth-order valence-corrected chi connectivity index (χ4v) is 1.42. The molecule has 0 aliphatic carbocycles. The molecule has 0 atom stereocenters. The zero-order valence-electron chi connectivity index (χ0n) is 9.47. The van der Waals surface area contributed by atoms with Crippen LogP contribution in [-0.4, -0.2) is 20.1 Å². The van der Waals surface area contributed by atoms with E-state index in [0.29, 0.717) is 5.56 Å². The van der Waals surface area contributed by atoms with E-state index in [1.807, 2.05) is 0 Å². The van der Waals surface area contributed by atoms with E-state index in [1.54, 1.807) is 6.92 Å². The highest BCUT2D eigenvalue weighted by molar-refractivity contribution is 6.73. The standard InChI is InChI=1S/C10H12BF3NO2/c1-6-7(4-10(16)17-2)3-8(5-9(6)15)11(12,13)14/h3,5H,4,15H2,1-2H3/q-1. The summed E-state index contributed by atoms with van der Waals surface area (Å²) < 4.78 is 42.2. The Balaban J connectivity index is 3.21. The summed E-state index contributed by atoms with van der Waals surface area (Å²) in [5.41, 5.74) is 5.44. The Morgan fingerprint density at radius 2 is 2.00 bits per heavy atom. The Bertz CT molecular complexity index is 446. The van der Waals surface area contributed by atoms with Crippen LogP contribution in [-0.2, 0) is 16.0 Å².